The molecule has 0 heterocycles. The fourth-order valence-electron chi connectivity index (χ4n) is 1.20. The Morgan fingerprint density at radius 2 is 2.07 bits per heavy atom. The summed E-state index contributed by atoms with van der Waals surface area (Å²) in [5.41, 5.74) is 0. The maximum atomic E-state index is 12.3. The largest absolute Gasteiger partial charge is 0.469 e. The van der Waals surface area contributed by atoms with Crippen molar-refractivity contribution >= 4 is 18.4 Å². The van der Waals surface area contributed by atoms with Crippen molar-refractivity contribution in [3.63, 3.8) is 0 Å². The second-order valence-corrected chi connectivity index (χ2v) is 5.84. The first kappa shape index (κ1) is 11.7. The molecule has 80 valence electrons. The van der Waals surface area contributed by atoms with Crippen molar-refractivity contribution < 1.29 is 14.1 Å². The van der Waals surface area contributed by atoms with Crippen molar-refractivity contribution in [1.29, 1.82) is 0 Å². The molecule has 1 rings (SSSR count). The average molecular weight is 224 g/mol. The summed E-state index contributed by atoms with van der Waals surface area (Å²) in [5.74, 6) is 0.862. The van der Waals surface area contributed by atoms with Crippen molar-refractivity contribution in [3.8, 4) is 0 Å². The molecule has 1 aromatic carbocycles. The number of benzene rings is 1. The van der Waals surface area contributed by atoms with Gasteiger partial charge in [0, 0.05) is 5.30 Å². The topological polar surface area (TPSA) is 43.4 Å². The lowest BCUT2D eigenvalue weighted by Gasteiger charge is -2.12. The molecule has 3 nitrogen and oxygen atoms in total. The highest BCUT2D eigenvalue weighted by Gasteiger charge is 2.24. The molecule has 15 heavy (non-hydrogen) atoms. The van der Waals surface area contributed by atoms with Crippen LogP contribution in [0.4, 0.5) is 0 Å². The van der Waals surface area contributed by atoms with E-state index in [0.717, 1.165) is 0 Å². The van der Waals surface area contributed by atoms with Gasteiger partial charge < -0.3 is 9.30 Å². The second kappa shape index (κ2) is 4.94. The van der Waals surface area contributed by atoms with Crippen molar-refractivity contribution in [2.45, 2.75) is 0 Å². The Kier molecular flexibility index (Phi) is 3.87. The molecule has 4 heteroatoms. The van der Waals surface area contributed by atoms with E-state index in [9.17, 15) is 9.36 Å². The van der Waals surface area contributed by atoms with Crippen LogP contribution in [0.2, 0.25) is 0 Å². The Labute approximate surface area is 89.1 Å². The molecule has 1 aromatic rings. The third-order valence-corrected chi connectivity index (χ3v) is 4.57. The van der Waals surface area contributed by atoms with E-state index in [1.165, 1.54) is 12.9 Å². The van der Waals surface area contributed by atoms with Crippen molar-refractivity contribution in [3.05, 3.63) is 42.7 Å². The van der Waals surface area contributed by atoms with Crippen molar-refractivity contribution in [1.82, 2.24) is 0 Å². The smallest absolute Gasteiger partial charge is 0.313 e. The van der Waals surface area contributed by atoms with Gasteiger partial charge in [0.15, 0.2) is 0 Å². The summed E-state index contributed by atoms with van der Waals surface area (Å²) in [5, 5.41) is 0.630. The molecule has 0 aliphatic heterocycles. The van der Waals surface area contributed by atoms with Gasteiger partial charge in [-0.1, -0.05) is 36.9 Å². The van der Waals surface area contributed by atoms with Crippen LogP contribution in [0.5, 0.6) is 0 Å². The molecule has 0 saturated carbocycles. The van der Waals surface area contributed by atoms with E-state index in [2.05, 4.69) is 11.3 Å². The fourth-order valence-corrected chi connectivity index (χ4v) is 2.91. The zero-order valence-electron chi connectivity index (χ0n) is 8.55. The van der Waals surface area contributed by atoms with Gasteiger partial charge in [-0.25, -0.2) is 0 Å². The standard InChI is InChI=1S/C11H13O3P/c1-3-15(13,9-11(12)14-2)10-7-5-4-6-8-10/h3-8H,1,9H2,2H3. The summed E-state index contributed by atoms with van der Waals surface area (Å²) in [6, 6.07) is 8.84. The molecule has 0 aliphatic rings. The lowest BCUT2D eigenvalue weighted by molar-refractivity contribution is -0.137. The van der Waals surface area contributed by atoms with Crippen LogP contribution in [0.25, 0.3) is 0 Å². The van der Waals surface area contributed by atoms with Crippen LogP contribution in [-0.2, 0) is 14.1 Å². The first-order valence-corrected chi connectivity index (χ1v) is 6.43. The van der Waals surface area contributed by atoms with Gasteiger partial charge in [-0.3, -0.25) is 4.79 Å². The molecule has 1 atom stereocenters. The molecule has 0 aromatic heterocycles. The maximum absolute atomic E-state index is 12.3. The molecule has 0 saturated heterocycles. The molecule has 0 bridgehead atoms. The van der Waals surface area contributed by atoms with Gasteiger partial charge in [-0.05, 0) is 5.82 Å². The molecule has 0 aliphatic carbocycles. The number of rotatable bonds is 4. The normalized spacial score (nSPS) is 13.9. The first-order valence-electron chi connectivity index (χ1n) is 4.47. The number of hydrogen-bond acceptors (Lipinski definition) is 3. The van der Waals surface area contributed by atoms with Crippen molar-refractivity contribution in [2.75, 3.05) is 13.3 Å². The second-order valence-electron chi connectivity index (χ2n) is 3.05. The predicted molar refractivity (Wildman–Crippen MR) is 60.8 cm³/mol. The number of esters is 1. The number of hydrogen-bond donors (Lipinski definition) is 0. The highest BCUT2D eigenvalue weighted by atomic mass is 31.2. The lowest BCUT2D eigenvalue weighted by atomic mass is 10.4. The van der Waals surface area contributed by atoms with Gasteiger partial charge in [0.25, 0.3) is 0 Å². The number of carbonyl (C=O) groups is 1. The summed E-state index contributed by atoms with van der Waals surface area (Å²) >= 11 is 0. The summed E-state index contributed by atoms with van der Waals surface area (Å²) < 4.78 is 16.8. The van der Waals surface area contributed by atoms with E-state index in [-0.39, 0.29) is 6.16 Å². The van der Waals surface area contributed by atoms with Crippen LogP contribution < -0.4 is 5.30 Å². The summed E-state index contributed by atoms with van der Waals surface area (Å²) in [6.07, 6.45) is -0.128. The van der Waals surface area contributed by atoms with Gasteiger partial charge in [0.2, 0.25) is 0 Å². The number of methoxy groups -OCH3 is 1. The zero-order chi connectivity index (χ0) is 11.3. The molecule has 1 unspecified atom stereocenters. The van der Waals surface area contributed by atoms with Crippen molar-refractivity contribution in [2.24, 2.45) is 0 Å². The Bertz CT molecular complexity index is 398. The third-order valence-electron chi connectivity index (χ3n) is 2.08. The Morgan fingerprint density at radius 3 is 2.53 bits per heavy atom. The van der Waals surface area contributed by atoms with Gasteiger partial charge >= 0.3 is 5.97 Å². The zero-order valence-corrected chi connectivity index (χ0v) is 9.44. The number of ether oxygens (including phenoxy) is 1. The van der Waals surface area contributed by atoms with Crippen LogP contribution >= 0.6 is 7.14 Å². The van der Waals surface area contributed by atoms with E-state index in [1.54, 1.807) is 24.3 Å². The molecule has 0 N–H and O–H groups in total. The summed E-state index contributed by atoms with van der Waals surface area (Å²) in [6.45, 7) is 3.53. The van der Waals surface area contributed by atoms with Crippen LogP contribution in [0.3, 0.4) is 0 Å². The van der Waals surface area contributed by atoms with Gasteiger partial charge in [-0.2, -0.15) is 0 Å². The molecular formula is C11H13O3P. The SMILES string of the molecule is C=CP(=O)(CC(=O)OC)c1ccccc1. The molecule has 0 amide bonds. The van der Waals surface area contributed by atoms with Crippen LogP contribution in [0.1, 0.15) is 0 Å². The van der Waals surface area contributed by atoms with Gasteiger partial charge in [-0.15, -0.1) is 0 Å². The van der Waals surface area contributed by atoms with E-state index >= 15 is 0 Å². The Hall–Kier alpha value is -1.34. The minimum atomic E-state index is -2.84. The predicted octanol–water partition coefficient (Wildman–Crippen LogP) is 1.99. The minimum absolute atomic E-state index is 0.128. The average Bonchev–Trinajstić information content (AvgIpc) is 2.30. The monoisotopic (exact) mass is 224 g/mol. The van der Waals surface area contributed by atoms with E-state index in [1.807, 2.05) is 6.07 Å². The van der Waals surface area contributed by atoms with Crippen LogP contribution in [0, 0.1) is 0 Å². The van der Waals surface area contributed by atoms with Gasteiger partial charge in [0.05, 0.1) is 7.11 Å². The van der Waals surface area contributed by atoms with E-state index in [0.29, 0.717) is 5.30 Å². The highest BCUT2D eigenvalue weighted by molar-refractivity contribution is 7.75. The first-order chi connectivity index (χ1) is 7.12. The van der Waals surface area contributed by atoms with Crippen LogP contribution in [-0.4, -0.2) is 19.2 Å². The van der Waals surface area contributed by atoms with Crippen LogP contribution in [0.15, 0.2) is 42.7 Å². The van der Waals surface area contributed by atoms with E-state index < -0.39 is 13.1 Å². The third kappa shape index (κ3) is 2.80. The lowest BCUT2D eigenvalue weighted by Crippen LogP contribution is -2.13. The molecule has 0 spiro atoms. The molecule has 0 radical (unpaired) electrons. The molecular weight excluding hydrogens is 211 g/mol. The summed E-state index contributed by atoms with van der Waals surface area (Å²) in [7, 11) is -1.56. The summed E-state index contributed by atoms with van der Waals surface area (Å²) in [4.78, 5) is 11.1. The quantitative estimate of drug-likeness (QED) is 0.580. The van der Waals surface area contributed by atoms with E-state index in [4.69, 9.17) is 0 Å². The minimum Gasteiger partial charge on any atom is -0.469 e. The number of carbonyl (C=O) groups excluding carboxylic acids is 1. The van der Waals surface area contributed by atoms with Gasteiger partial charge in [0.1, 0.15) is 13.3 Å². The Morgan fingerprint density at radius 1 is 1.47 bits per heavy atom. The maximum Gasteiger partial charge on any atom is 0.313 e. The molecule has 0 fully saturated rings. The fraction of sp³-hybridized carbons (Fsp3) is 0.182. The Balaban J connectivity index is 3.01. The highest BCUT2D eigenvalue weighted by Crippen LogP contribution is 2.45.